The van der Waals surface area contributed by atoms with Gasteiger partial charge in [0.1, 0.15) is 18.2 Å². The summed E-state index contributed by atoms with van der Waals surface area (Å²) in [5.41, 5.74) is -0.627. The predicted octanol–water partition coefficient (Wildman–Crippen LogP) is 1.59. The van der Waals surface area contributed by atoms with Crippen LogP contribution in [0.25, 0.3) is 0 Å². The molecule has 0 saturated carbocycles. The summed E-state index contributed by atoms with van der Waals surface area (Å²) in [6.45, 7) is 3.67. The average molecular weight is 296 g/mol. The molecule has 1 atom stereocenters. The van der Waals surface area contributed by atoms with Gasteiger partial charge in [0.05, 0.1) is 5.60 Å². The Labute approximate surface area is 126 Å². The van der Waals surface area contributed by atoms with Crippen LogP contribution in [0.15, 0.2) is 24.3 Å². The number of likely N-dealkylation sites (tertiary alicyclic amines) is 1. The molecule has 1 saturated heterocycles. The van der Waals surface area contributed by atoms with Gasteiger partial charge in [-0.05, 0) is 57.7 Å². The number of β-amino-alcohol motifs (C(OH)–C–C–N with tert-alkyl or cyclic N) is 1. The highest BCUT2D eigenvalue weighted by Gasteiger charge is 2.33. The molecule has 0 aliphatic carbocycles. The molecule has 0 unspecified atom stereocenters. The van der Waals surface area contributed by atoms with Crippen LogP contribution in [0.1, 0.15) is 12.8 Å². The zero-order chi connectivity index (χ0) is 15.3. The largest absolute Gasteiger partial charge is 0.492 e. The lowest BCUT2D eigenvalue weighted by Crippen LogP contribution is -2.53. The van der Waals surface area contributed by atoms with Crippen LogP contribution < -0.4 is 4.74 Å². The molecule has 1 N–H and O–H groups in total. The van der Waals surface area contributed by atoms with Gasteiger partial charge in [-0.15, -0.1) is 0 Å². The second-order valence-corrected chi connectivity index (χ2v) is 6.14. The maximum absolute atomic E-state index is 12.8. The smallest absolute Gasteiger partial charge is 0.123 e. The Morgan fingerprint density at radius 1 is 1.33 bits per heavy atom. The molecule has 0 aromatic heterocycles. The van der Waals surface area contributed by atoms with E-state index in [4.69, 9.17) is 4.74 Å². The maximum Gasteiger partial charge on any atom is 0.123 e. The molecule has 1 aromatic carbocycles. The highest BCUT2D eigenvalue weighted by molar-refractivity contribution is 5.21. The number of halogens is 1. The SMILES string of the molecule is CN(C)C[C@@]1(O)CCCN(CCOc2ccc(F)cc2)C1. The Bertz CT molecular complexity index is 438. The predicted molar refractivity (Wildman–Crippen MR) is 81.1 cm³/mol. The van der Waals surface area contributed by atoms with Gasteiger partial charge in [0, 0.05) is 19.6 Å². The summed E-state index contributed by atoms with van der Waals surface area (Å²) < 4.78 is 18.4. The molecule has 2 rings (SSSR count). The number of hydrogen-bond donors (Lipinski definition) is 1. The molecule has 1 aromatic rings. The van der Waals surface area contributed by atoms with Crippen LogP contribution >= 0.6 is 0 Å². The van der Waals surface area contributed by atoms with E-state index in [0.29, 0.717) is 25.4 Å². The zero-order valence-corrected chi connectivity index (χ0v) is 12.9. The fourth-order valence-electron chi connectivity index (χ4n) is 2.94. The number of aliphatic hydroxyl groups is 1. The van der Waals surface area contributed by atoms with E-state index < -0.39 is 5.60 Å². The molecule has 4 nitrogen and oxygen atoms in total. The first kappa shape index (κ1) is 16.2. The molecule has 1 aliphatic heterocycles. The second kappa shape index (κ2) is 7.20. The van der Waals surface area contributed by atoms with Gasteiger partial charge in [-0.1, -0.05) is 0 Å². The third-order valence-electron chi connectivity index (χ3n) is 3.73. The van der Waals surface area contributed by atoms with Crippen molar-refractivity contribution < 1.29 is 14.2 Å². The van der Waals surface area contributed by atoms with Gasteiger partial charge in [-0.3, -0.25) is 4.90 Å². The molecule has 0 bridgehead atoms. The molecule has 0 radical (unpaired) electrons. The van der Waals surface area contributed by atoms with Gasteiger partial charge in [-0.25, -0.2) is 4.39 Å². The molecule has 118 valence electrons. The van der Waals surface area contributed by atoms with E-state index in [1.807, 2.05) is 19.0 Å². The number of piperidine rings is 1. The van der Waals surface area contributed by atoms with Crippen molar-refractivity contribution in [2.75, 3.05) is 46.9 Å². The summed E-state index contributed by atoms with van der Waals surface area (Å²) in [6.07, 6.45) is 1.85. The third-order valence-corrected chi connectivity index (χ3v) is 3.73. The van der Waals surface area contributed by atoms with Crippen molar-refractivity contribution in [1.82, 2.24) is 9.80 Å². The van der Waals surface area contributed by atoms with Crippen molar-refractivity contribution in [2.45, 2.75) is 18.4 Å². The molecular formula is C16H25FN2O2. The van der Waals surface area contributed by atoms with Crippen molar-refractivity contribution in [3.8, 4) is 5.75 Å². The van der Waals surface area contributed by atoms with Crippen molar-refractivity contribution in [3.05, 3.63) is 30.1 Å². The van der Waals surface area contributed by atoms with Crippen LogP contribution in [0.4, 0.5) is 4.39 Å². The minimum atomic E-state index is -0.627. The highest BCUT2D eigenvalue weighted by Crippen LogP contribution is 2.21. The van der Waals surface area contributed by atoms with Crippen LogP contribution in [-0.4, -0.2) is 67.4 Å². The summed E-state index contributed by atoms with van der Waals surface area (Å²) in [6, 6.07) is 6.06. The summed E-state index contributed by atoms with van der Waals surface area (Å²) in [5.74, 6) is 0.420. The minimum absolute atomic E-state index is 0.257. The number of rotatable bonds is 6. The van der Waals surface area contributed by atoms with Crippen LogP contribution in [0.5, 0.6) is 5.75 Å². The summed E-state index contributed by atoms with van der Waals surface area (Å²) in [7, 11) is 3.96. The van der Waals surface area contributed by atoms with E-state index in [9.17, 15) is 9.50 Å². The number of ether oxygens (including phenoxy) is 1. The molecule has 0 spiro atoms. The Hall–Kier alpha value is -1.17. The first-order chi connectivity index (χ1) is 9.97. The zero-order valence-electron chi connectivity index (χ0n) is 12.9. The van der Waals surface area contributed by atoms with Gasteiger partial charge in [-0.2, -0.15) is 0 Å². The Morgan fingerprint density at radius 2 is 2.05 bits per heavy atom. The number of nitrogens with zero attached hydrogens (tertiary/aromatic N) is 2. The third kappa shape index (κ3) is 5.26. The number of benzene rings is 1. The van der Waals surface area contributed by atoms with Gasteiger partial charge >= 0.3 is 0 Å². The molecule has 5 heteroatoms. The summed E-state index contributed by atoms with van der Waals surface area (Å²) in [4.78, 5) is 4.26. The van der Waals surface area contributed by atoms with Crippen LogP contribution in [0.3, 0.4) is 0 Å². The van der Waals surface area contributed by atoms with E-state index >= 15 is 0 Å². The maximum atomic E-state index is 12.8. The molecule has 1 heterocycles. The normalized spacial score (nSPS) is 23.5. The Balaban J connectivity index is 1.76. The fraction of sp³-hybridized carbons (Fsp3) is 0.625. The number of likely N-dealkylation sites (N-methyl/N-ethyl adjacent to an activating group) is 1. The van der Waals surface area contributed by atoms with E-state index in [2.05, 4.69) is 4.90 Å². The average Bonchev–Trinajstić information content (AvgIpc) is 2.40. The van der Waals surface area contributed by atoms with Crippen molar-refractivity contribution in [2.24, 2.45) is 0 Å². The van der Waals surface area contributed by atoms with Gasteiger partial charge in [0.2, 0.25) is 0 Å². The van der Waals surface area contributed by atoms with Crippen LogP contribution in [-0.2, 0) is 0 Å². The lowest BCUT2D eigenvalue weighted by atomic mass is 9.92. The van der Waals surface area contributed by atoms with Crippen LogP contribution in [0, 0.1) is 5.82 Å². The quantitative estimate of drug-likeness (QED) is 0.865. The van der Waals surface area contributed by atoms with Crippen molar-refractivity contribution in [3.63, 3.8) is 0 Å². The van der Waals surface area contributed by atoms with Crippen molar-refractivity contribution in [1.29, 1.82) is 0 Å². The van der Waals surface area contributed by atoms with Gasteiger partial charge in [0.15, 0.2) is 0 Å². The fourth-order valence-corrected chi connectivity index (χ4v) is 2.94. The molecule has 0 amide bonds. The first-order valence-corrected chi connectivity index (χ1v) is 7.45. The summed E-state index contributed by atoms with van der Waals surface area (Å²) in [5, 5.41) is 10.6. The van der Waals surface area contributed by atoms with E-state index in [1.165, 1.54) is 12.1 Å². The minimum Gasteiger partial charge on any atom is -0.492 e. The van der Waals surface area contributed by atoms with Gasteiger partial charge in [0.25, 0.3) is 0 Å². The number of hydrogen-bond acceptors (Lipinski definition) is 4. The molecule has 21 heavy (non-hydrogen) atoms. The highest BCUT2D eigenvalue weighted by atomic mass is 19.1. The van der Waals surface area contributed by atoms with E-state index in [-0.39, 0.29) is 5.82 Å². The van der Waals surface area contributed by atoms with E-state index in [1.54, 1.807) is 12.1 Å². The van der Waals surface area contributed by atoms with Crippen molar-refractivity contribution >= 4 is 0 Å². The molecule has 1 fully saturated rings. The topological polar surface area (TPSA) is 35.9 Å². The monoisotopic (exact) mass is 296 g/mol. The second-order valence-electron chi connectivity index (χ2n) is 6.14. The van der Waals surface area contributed by atoms with Gasteiger partial charge < -0.3 is 14.7 Å². The summed E-state index contributed by atoms with van der Waals surface area (Å²) >= 11 is 0. The molecular weight excluding hydrogens is 271 g/mol. The lowest BCUT2D eigenvalue weighted by molar-refractivity contribution is -0.0477. The standard InChI is InChI=1S/C16H25FN2O2/c1-18(2)12-16(20)8-3-9-19(13-16)10-11-21-15-6-4-14(17)5-7-15/h4-7,20H,3,8-13H2,1-2H3/t16-/m0/s1. The first-order valence-electron chi connectivity index (χ1n) is 7.45. The molecule has 1 aliphatic rings. The Kier molecular flexibility index (Phi) is 5.56. The Morgan fingerprint density at radius 3 is 2.71 bits per heavy atom. The lowest BCUT2D eigenvalue weighted by Gasteiger charge is -2.40. The van der Waals surface area contributed by atoms with E-state index in [0.717, 1.165) is 25.9 Å². The van der Waals surface area contributed by atoms with Crippen LogP contribution in [0.2, 0.25) is 0 Å².